The Hall–Kier alpha value is -2.37. The number of hydrogen-bond acceptors (Lipinski definition) is 4. The maximum atomic E-state index is 11.3. The topological polar surface area (TPSA) is 77.2 Å². The molecular formula is C16H21N3O3. The quantitative estimate of drug-likeness (QED) is 0.850. The number of aromatic nitrogens is 3. The molecule has 1 aromatic heterocycles. The summed E-state index contributed by atoms with van der Waals surface area (Å²) < 4.78 is 7.10. The first kappa shape index (κ1) is 16.0. The second-order valence-electron chi connectivity index (χ2n) is 5.52. The van der Waals surface area contributed by atoms with E-state index in [0.29, 0.717) is 31.2 Å². The van der Waals surface area contributed by atoms with Crippen molar-refractivity contribution in [3.05, 3.63) is 41.2 Å². The Morgan fingerprint density at radius 3 is 2.55 bits per heavy atom. The van der Waals surface area contributed by atoms with E-state index in [2.05, 4.69) is 24.2 Å². The third-order valence-electron chi connectivity index (χ3n) is 3.18. The van der Waals surface area contributed by atoms with Gasteiger partial charge in [0.05, 0.1) is 12.3 Å². The zero-order valence-corrected chi connectivity index (χ0v) is 13.1. The number of ether oxygens (including phenoxy) is 1. The summed E-state index contributed by atoms with van der Waals surface area (Å²) in [5, 5.41) is 17.1. The molecule has 0 saturated carbocycles. The highest BCUT2D eigenvalue weighted by Gasteiger charge is 2.19. The normalized spacial score (nSPS) is 10.9. The van der Waals surface area contributed by atoms with E-state index < -0.39 is 5.97 Å². The van der Waals surface area contributed by atoms with Crippen molar-refractivity contribution in [3.63, 3.8) is 0 Å². The summed E-state index contributed by atoms with van der Waals surface area (Å²) in [6.45, 7) is 7.31. The highest BCUT2D eigenvalue weighted by atomic mass is 16.5. The predicted octanol–water partition coefficient (Wildman–Crippen LogP) is 2.62. The third kappa shape index (κ3) is 3.84. The van der Waals surface area contributed by atoms with Gasteiger partial charge in [0.15, 0.2) is 5.69 Å². The van der Waals surface area contributed by atoms with Gasteiger partial charge in [-0.1, -0.05) is 31.2 Å². The average Bonchev–Trinajstić information content (AvgIpc) is 2.83. The molecule has 22 heavy (non-hydrogen) atoms. The van der Waals surface area contributed by atoms with Crippen LogP contribution in [-0.2, 0) is 13.0 Å². The summed E-state index contributed by atoms with van der Waals surface area (Å²) >= 11 is 0. The van der Waals surface area contributed by atoms with Gasteiger partial charge in [-0.2, -0.15) is 0 Å². The molecule has 0 unspecified atom stereocenters. The van der Waals surface area contributed by atoms with Gasteiger partial charge in [-0.25, -0.2) is 9.48 Å². The lowest BCUT2D eigenvalue weighted by Crippen LogP contribution is -2.12. The first-order valence-electron chi connectivity index (χ1n) is 7.38. The Morgan fingerprint density at radius 1 is 1.32 bits per heavy atom. The van der Waals surface area contributed by atoms with E-state index in [0.717, 1.165) is 11.3 Å². The van der Waals surface area contributed by atoms with Gasteiger partial charge in [0.2, 0.25) is 0 Å². The van der Waals surface area contributed by atoms with Crippen molar-refractivity contribution in [2.75, 3.05) is 6.61 Å². The lowest BCUT2D eigenvalue weighted by Gasteiger charge is -2.10. The van der Waals surface area contributed by atoms with Crippen LogP contribution in [0.5, 0.6) is 5.75 Å². The number of carbonyl (C=O) groups is 1. The molecule has 0 atom stereocenters. The SMILES string of the molecule is CCOc1ccc(Cc2c(C(=O)O)nnn2CC(C)C)cc1. The molecule has 6 nitrogen and oxygen atoms in total. The fourth-order valence-electron chi connectivity index (χ4n) is 2.23. The van der Waals surface area contributed by atoms with Crippen LogP contribution in [0.4, 0.5) is 0 Å². The lowest BCUT2D eigenvalue weighted by atomic mass is 10.1. The van der Waals surface area contributed by atoms with Gasteiger partial charge in [-0.15, -0.1) is 5.10 Å². The average molecular weight is 303 g/mol. The van der Waals surface area contributed by atoms with Gasteiger partial charge in [0.25, 0.3) is 0 Å². The zero-order valence-electron chi connectivity index (χ0n) is 13.1. The van der Waals surface area contributed by atoms with Crippen LogP contribution in [0.15, 0.2) is 24.3 Å². The van der Waals surface area contributed by atoms with E-state index in [1.54, 1.807) is 4.68 Å². The predicted molar refractivity (Wildman–Crippen MR) is 82.2 cm³/mol. The molecule has 1 aromatic carbocycles. The first-order chi connectivity index (χ1) is 10.5. The second kappa shape index (κ2) is 7.06. The molecule has 0 bridgehead atoms. The van der Waals surface area contributed by atoms with E-state index in [9.17, 15) is 9.90 Å². The lowest BCUT2D eigenvalue weighted by molar-refractivity contribution is 0.0689. The van der Waals surface area contributed by atoms with Gasteiger partial charge in [0, 0.05) is 13.0 Å². The summed E-state index contributed by atoms with van der Waals surface area (Å²) in [6.07, 6.45) is 0.480. The van der Waals surface area contributed by atoms with Crippen molar-refractivity contribution < 1.29 is 14.6 Å². The Balaban J connectivity index is 2.26. The zero-order chi connectivity index (χ0) is 16.1. The Kier molecular flexibility index (Phi) is 5.14. The summed E-state index contributed by atoms with van der Waals surface area (Å²) in [6, 6.07) is 7.64. The van der Waals surface area contributed by atoms with Gasteiger partial charge in [-0.05, 0) is 30.5 Å². The Bertz CT molecular complexity index is 633. The number of rotatable bonds is 7. The molecular weight excluding hydrogens is 282 g/mol. The molecule has 1 N–H and O–H groups in total. The van der Waals surface area contributed by atoms with Crippen molar-refractivity contribution in [2.24, 2.45) is 5.92 Å². The number of aromatic carboxylic acids is 1. The van der Waals surface area contributed by atoms with Crippen LogP contribution in [0.3, 0.4) is 0 Å². The number of carboxylic acid groups (broad SMARTS) is 1. The molecule has 0 fully saturated rings. The van der Waals surface area contributed by atoms with Crippen LogP contribution in [0.25, 0.3) is 0 Å². The number of carboxylic acids is 1. The number of benzene rings is 1. The standard InChI is InChI=1S/C16H21N3O3/c1-4-22-13-7-5-12(6-8-13)9-14-15(16(20)21)17-18-19(14)10-11(2)3/h5-8,11H,4,9-10H2,1-3H3,(H,20,21). The number of hydrogen-bond donors (Lipinski definition) is 1. The van der Waals surface area contributed by atoms with Crippen LogP contribution >= 0.6 is 0 Å². The van der Waals surface area contributed by atoms with E-state index in [4.69, 9.17) is 4.74 Å². The molecule has 0 saturated heterocycles. The summed E-state index contributed by atoms with van der Waals surface area (Å²) in [4.78, 5) is 11.3. The highest BCUT2D eigenvalue weighted by Crippen LogP contribution is 2.17. The van der Waals surface area contributed by atoms with Crippen LogP contribution in [0, 0.1) is 5.92 Å². The molecule has 0 amide bonds. The third-order valence-corrected chi connectivity index (χ3v) is 3.18. The Labute approximate surface area is 129 Å². The molecule has 1 heterocycles. The molecule has 6 heteroatoms. The largest absolute Gasteiger partial charge is 0.494 e. The van der Waals surface area contributed by atoms with E-state index in [1.165, 1.54) is 0 Å². The fourth-order valence-corrected chi connectivity index (χ4v) is 2.23. The maximum Gasteiger partial charge on any atom is 0.358 e. The fraction of sp³-hybridized carbons (Fsp3) is 0.438. The molecule has 0 aliphatic rings. The molecule has 2 rings (SSSR count). The van der Waals surface area contributed by atoms with Crippen LogP contribution in [-0.4, -0.2) is 32.7 Å². The van der Waals surface area contributed by atoms with Gasteiger partial charge < -0.3 is 9.84 Å². The summed E-state index contributed by atoms with van der Waals surface area (Å²) in [5.74, 6) is 0.122. The van der Waals surface area contributed by atoms with Gasteiger partial charge >= 0.3 is 5.97 Å². The smallest absolute Gasteiger partial charge is 0.358 e. The van der Waals surface area contributed by atoms with Crippen LogP contribution < -0.4 is 4.74 Å². The van der Waals surface area contributed by atoms with Crippen molar-refractivity contribution in [2.45, 2.75) is 33.7 Å². The molecule has 0 spiro atoms. The van der Waals surface area contributed by atoms with Crippen molar-refractivity contribution >= 4 is 5.97 Å². The van der Waals surface area contributed by atoms with Gasteiger partial charge in [0.1, 0.15) is 5.75 Å². The molecule has 0 radical (unpaired) electrons. The number of nitrogens with zero attached hydrogens (tertiary/aromatic N) is 3. The van der Waals surface area contributed by atoms with Crippen molar-refractivity contribution in [1.29, 1.82) is 0 Å². The minimum Gasteiger partial charge on any atom is -0.494 e. The highest BCUT2D eigenvalue weighted by molar-refractivity contribution is 5.86. The first-order valence-corrected chi connectivity index (χ1v) is 7.38. The summed E-state index contributed by atoms with van der Waals surface area (Å²) in [7, 11) is 0. The van der Waals surface area contributed by atoms with Gasteiger partial charge in [-0.3, -0.25) is 0 Å². The van der Waals surface area contributed by atoms with E-state index in [1.807, 2.05) is 31.2 Å². The second-order valence-corrected chi connectivity index (χ2v) is 5.52. The van der Waals surface area contributed by atoms with Crippen molar-refractivity contribution in [1.82, 2.24) is 15.0 Å². The van der Waals surface area contributed by atoms with Crippen molar-refractivity contribution in [3.8, 4) is 5.75 Å². The maximum absolute atomic E-state index is 11.3. The van der Waals surface area contributed by atoms with E-state index >= 15 is 0 Å². The van der Waals surface area contributed by atoms with Crippen LogP contribution in [0.1, 0.15) is 42.5 Å². The Morgan fingerprint density at radius 2 is 2.00 bits per heavy atom. The van der Waals surface area contributed by atoms with E-state index in [-0.39, 0.29) is 5.69 Å². The molecule has 0 aliphatic carbocycles. The molecule has 118 valence electrons. The van der Waals surface area contributed by atoms with Crippen LogP contribution in [0.2, 0.25) is 0 Å². The monoisotopic (exact) mass is 303 g/mol. The minimum absolute atomic E-state index is 0.0227. The minimum atomic E-state index is -1.05. The molecule has 2 aromatic rings. The summed E-state index contributed by atoms with van der Waals surface area (Å²) in [5.41, 5.74) is 1.65. The molecule has 0 aliphatic heterocycles.